The van der Waals surface area contributed by atoms with Crippen LogP contribution in [0.1, 0.15) is 16.1 Å². The summed E-state index contributed by atoms with van der Waals surface area (Å²) in [5.74, 6) is 0.0516. The molecule has 6 nitrogen and oxygen atoms in total. The van der Waals surface area contributed by atoms with Crippen molar-refractivity contribution in [3.63, 3.8) is 0 Å². The molecular weight excluding hydrogens is 218 g/mol. The zero-order valence-corrected chi connectivity index (χ0v) is 9.64. The molecule has 0 bridgehead atoms. The Hall–Kier alpha value is -2.37. The molecule has 0 saturated carbocycles. The van der Waals surface area contributed by atoms with E-state index in [4.69, 9.17) is 5.73 Å². The van der Waals surface area contributed by atoms with Crippen molar-refractivity contribution in [3.05, 3.63) is 35.8 Å². The summed E-state index contributed by atoms with van der Waals surface area (Å²) >= 11 is 0. The van der Waals surface area contributed by atoms with Gasteiger partial charge in [0.05, 0.1) is 17.6 Å². The highest BCUT2D eigenvalue weighted by molar-refractivity contribution is 6.07. The quantitative estimate of drug-likeness (QED) is 0.806. The van der Waals surface area contributed by atoms with Crippen LogP contribution >= 0.6 is 0 Å². The van der Waals surface area contributed by atoms with Crippen LogP contribution in [-0.4, -0.2) is 20.7 Å². The molecule has 17 heavy (non-hydrogen) atoms. The molecule has 0 radical (unpaired) electrons. The predicted octanol–water partition coefficient (Wildman–Crippen LogP) is 0.958. The van der Waals surface area contributed by atoms with Gasteiger partial charge in [-0.2, -0.15) is 5.10 Å². The Morgan fingerprint density at radius 3 is 2.88 bits per heavy atom. The van der Waals surface area contributed by atoms with Gasteiger partial charge in [-0.25, -0.2) is 0 Å². The number of pyridine rings is 1. The first kappa shape index (κ1) is 11.1. The van der Waals surface area contributed by atoms with Gasteiger partial charge in [0.25, 0.3) is 5.91 Å². The molecule has 0 fully saturated rings. The molecule has 6 heteroatoms. The Bertz CT molecular complexity index is 561. The summed E-state index contributed by atoms with van der Waals surface area (Å²) in [6.45, 7) is 1.82. The summed E-state index contributed by atoms with van der Waals surface area (Å²) < 4.78 is 1.45. The summed E-state index contributed by atoms with van der Waals surface area (Å²) in [5, 5.41) is 6.66. The van der Waals surface area contributed by atoms with Crippen LogP contribution in [0.2, 0.25) is 0 Å². The third kappa shape index (κ3) is 2.10. The maximum atomic E-state index is 11.9. The number of nitrogens with one attached hydrogen (secondary N) is 1. The first-order valence-electron chi connectivity index (χ1n) is 5.10. The number of nitrogens with two attached hydrogens (primary N) is 1. The van der Waals surface area contributed by atoms with Crippen LogP contribution in [0.4, 0.5) is 11.5 Å². The van der Waals surface area contributed by atoms with Crippen LogP contribution in [0, 0.1) is 6.92 Å². The molecule has 0 aromatic carbocycles. The van der Waals surface area contributed by atoms with Gasteiger partial charge in [-0.15, -0.1) is 0 Å². The molecule has 88 valence electrons. The van der Waals surface area contributed by atoms with Gasteiger partial charge in [-0.3, -0.25) is 14.5 Å². The summed E-state index contributed by atoms with van der Waals surface area (Å²) in [6.07, 6.45) is 3.11. The fourth-order valence-electron chi connectivity index (χ4n) is 1.43. The van der Waals surface area contributed by atoms with Crippen molar-refractivity contribution < 1.29 is 4.79 Å². The number of anilines is 2. The van der Waals surface area contributed by atoms with Crippen LogP contribution in [0.15, 0.2) is 24.5 Å². The Labute approximate surface area is 98.5 Å². The van der Waals surface area contributed by atoms with Crippen LogP contribution in [0.3, 0.4) is 0 Å². The van der Waals surface area contributed by atoms with E-state index in [0.29, 0.717) is 17.1 Å². The lowest BCUT2D eigenvalue weighted by Gasteiger charge is -2.06. The van der Waals surface area contributed by atoms with Crippen molar-refractivity contribution in [2.75, 3.05) is 11.1 Å². The smallest absolute Gasteiger partial charge is 0.261 e. The number of carbonyl (C=O) groups is 1. The number of amides is 1. The lowest BCUT2D eigenvalue weighted by atomic mass is 10.2. The van der Waals surface area contributed by atoms with Gasteiger partial charge in [0.1, 0.15) is 11.4 Å². The Kier molecular flexibility index (Phi) is 2.78. The fourth-order valence-corrected chi connectivity index (χ4v) is 1.43. The molecule has 0 aliphatic rings. The molecule has 2 aromatic rings. The monoisotopic (exact) mass is 231 g/mol. The van der Waals surface area contributed by atoms with Crippen molar-refractivity contribution in [3.8, 4) is 0 Å². The van der Waals surface area contributed by atoms with Gasteiger partial charge in [0, 0.05) is 13.2 Å². The van der Waals surface area contributed by atoms with Crippen molar-refractivity contribution in [2.45, 2.75) is 6.92 Å². The first-order chi connectivity index (χ1) is 8.09. The highest BCUT2D eigenvalue weighted by Gasteiger charge is 2.14. The zero-order chi connectivity index (χ0) is 12.4. The molecule has 0 spiro atoms. The largest absolute Gasteiger partial charge is 0.383 e. The SMILES string of the molecule is Cc1ncccc1NC(=O)c1cnn(C)c1N. The Morgan fingerprint density at radius 1 is 1.53 bits per heavy atom. The minimum absolute atomic E-state index is 0.285. The van der Waals surface area contributed by atoms with Crippen LogP contribution in [-0.2, 0) is 7.05 Å². The number of hydrogen-bond acceptors (Lipinski definition) is 4. The topological polar surface area (TPSA) is 85.8 Å². The molecule has 0 aliphatic heterocycles. The number of carbonyl (C=O) groups excluding carboxylic acids is 1. The lowest BCUT2D eigenvalue weighted by molar-refractivity contribution is 0.102. The van der Waals surface area contributed by atoms with E-state index >= 15 is 0 Å². The van der Waals surface area contributed by atoms with E-state index in [-0.39, 0.29) is 5.91 Å². The summed E-state index contributed by atoms with van der Waals surface area (Å²) in [7, 11) is 1.68. The molecular formula is C11H13N5O. The number of hydrogen-bond donors (Lipinski definition) is 2. The van der Waals surface area contributed by atoms with E-state index in [2.05, 4.69) is 15.4 Å². The highest BCUT2D eigenvalue weighted by Crippen LogP contribution is 2.15. The van der Waals surface area contributed by atoms with Crippen molar-refractivity contribution >= 4 is 17.4 Å². The summed E-state index contributed by atoms with van der Waals surface area (Å²) in [5.41, 5.74) is 7.50. The van der Waals surface area contributed by atoms with E-state index in [0.717, 1.165) is 5.69 Å². The summed E-state index contributed by atoms with van der Waals surface area (Å²) in [6, 6.07) is 3.54. The van der Waals surface area contributed by atoms with Gasteiger partial charge in [-0.1, -0.05) is 0 Å². The van der Waals surface area contributed by atoms with Crippen molar-refractivity contribution in [2.24, 2.45) is 7.05 Å². The zero-order valence-electron chi connectivity index (χ0n) is 9.64. The number of aryl methyl sites for hydroxylation is 2. The highest BCUT2D eigenvalue weighted by atomic mass is 16.1. The molecule has 0 saturated heterocycles. The molecule has 2 aromatic heterocycles. The first-order valence-corrected chi connectivity index (χ1v) is 5.10. The minimum atomic E-state index is -0.285. The van der Waals surface area contributed by atoms with Gasteiger partial charge < -0.3 is 11.1 Å². The fraction of sp³-hybridized carbons (Fsp3) is 0.182. The Morgan fingerprint density at radius 2 is 2.29 bits per heavy atom. The third-order valence-electron chi connectivity index (χ3n) is 2.48. The van der Waals surface area contributed by atoms with Crippen LogP contribution in [0.25, 0.3) is 0 Å². The van der Waals surface area contributed by atoms with Gasteiger partial charge in [0.15, 0.2) is 0 Å². The standard InChI is InChI=1S/C11H13N5O/c1-7-9(4-3-5-13-7)15-11(17)8-6-14-16(2)10(8)12/h3-6H,12H2,1-2H3,(H,15,17). The second-order valence-corrected chi connectivity index (χ2v) is 3.66. The van der Waals surface area contributed by atoms with Gasteiger partial charge in [0.2, 0.25) is 0 Å². The molecule has 0 unspecified atom stereocenters. The minimum Gasteiger partial charge on any atom is -0.383 e. The van der Waals surface area contributed by atoms with Gasteiger partial charge in [-0.05, 0) is 19.1 Å². The molecule has 2 rings (SSSR count). The maximum Gasteiger partial charge on any atom is 0.261 e. The maximum absolute atomic E-state index is 11.9. The predicted molar refractivity (Wildman–Crippen MR) is 64.5 cm³/mol. The van der Waals surface area contributed by atoms with Crippen LogP contribution < -0.4 is 11.1 Å². The van der Waals surface area contributed by atoms with E-state index in [1.807, 2.05) is 6.92 Å². The van der Waals surface area contributed by atoms with Gasteiger partial charge >= 0.3 is 0 Å². The van der Waals surface area contributed by atoms with Crippen molar-refractivity contribution in [1.82, 2.24) is 14.8 Å². The average molecular weight is 231 g/mol. The molecule has 2 heterocycles. The van der Waals surface area contributed by atoms with Crippen LogP contribution in [0.5, 0.6) is 0 Å². The summed E-state index contributed by atoms with van der Waals surface area (Å²) in [4.78, 5) is 16.0. The number of rotatable bonds is 2. The number of nitrogen functional groups attached to an aromatic ring is 1. The van der Waals surface area contributed by atoms with E-state index in [1.165, 1.54) is 10.9 Å². The molecule has 0 aliphatic carbocycles. The van der Waals surface area contributed by atoms with Crippen molar-refractivity contribution in [1.29, 1.82) is 0 Å². The molecule has 0 atom stereocenters. The van der Waals surface area contributed by atoms with E-state index in [1.54, 1.807) is 25.4 Å². The average Bonchev–Trinajstić information content (AvgIpc) is 2.63. The normalized spacial score (nSPS) is 10.2. The second kappa shape index (κ2) is 4.25. The molecule has 3 N–H and O–H groups in total. The van der Waals surface area contributed by atoms with E-state index in [9.17, 15) is 4.79 Å². The number of nitrogens with zero attached hydrogens (tertiary/aromatic N) is 3. The van der Waals surface area contributed by atoms with E-state index < -0.39 is 0 Å². The molecule has 1 amide bonds. The lowest BCUT2D eigenvalue weighted by Crippen LogP contribution is -2.14. The third-order valence-corrected chi connectivity index (χ3v) is 2.48. The Balaban J connectivity index is 2.23. The number of aromatic nitrogens is 3. The second-order valence-electron chi connectivity index (χ2n) is 3.66.